The van der Waals surface area contributed by atoms with E-state index in [0.717, 1.165) is 11.6 Å². The zero-order chi connectivity index (χ0) is 15.0. The summed E-state index contributed by atoms with van der Waals surface area (Å²) < 4.78 is 24.8. The third-order valence-electron chi connectivity index (χ3n) is 2.59. The van der Waals surface area contributed by atoms with Gasteiger partial charge in [-0.3, -0.25) is 4.90 Å². The highest BCUT2D eigenvalue weighted by Crippen LogP contribution is 2.11. The number of rotatable bonds is 8. The molecule has 0 unspecified atom stereocenters. The van der Waals surface area contributed by atoms with Gasteiger partial charge in [0.15, 0.2) is 0 Å². The maximum atomic E-state index is 12.4. The van der Waals surface area contributed by atoms with Gasteiger partial charge < -0.3 is 10.2 Å². The van der Waals surface area contributed by atoms with Crippen molar-refractivity contribution in [3.63, 3.8) is 0 Å². The van der Waals surface area contributed by atoms with E-state index in [1.807, 2.05) is 0 Å². The van der Waals surface area contributed by atoms with Crippen molar-refractivity contribution < 1.29 is 23.8 Å². The molecule has 0 aliphatic carbocycles. The average molecular weight is 285 g/mol. The quantitative estimate of drug-likeness (QED) is 0.716. The molecule has 1 aromatic rings. The van der Waals surface area contributed by atoms with Crippen LogP contribution in [0.3, 0.4) is 0 Å². The van der Waals surface area contributed by atoms with Gasteiger partial charge in [0.25, 0.3) is 6.43 Å². The first-order valence-electron chi connectivity index (χ1n) is 6.12. The van der Waals surface area contributed by atoms with Gasteiger partial charge in [-0.25, -0.2) is 13.6 Å². The summed E-state index contributed by atoms with van der Waals surface area (Å²) in [5.74, 6) is -1.05. The number of carboxylic acid groups (broad SMARTS) is 1. The lowest BCUT2D eigenvalue weighted by atomic mass is 10.1. The summed E-state index contributed by atoms with van der Waals surface area (Å²) in [6.07, 6.45) is -0.00401. The molecule has 0 amide bonds. The molecule has 0 bridgehead atoms. The molecule has 0 aliphatic rings. The Morgan fingerprint density at radius 3 is 2.75 bits per heavy atom. The summed E-state index contributed by atoms with van der Waals surface area (Å²) in [7, 11) is 0. The molecule has 6 heteroatoms. The van der Waals surface area contributed by atoms with Crippen LogP contribution in [0.25, 0.3) is 6.08 Å². The minimum absolute atomic E-state index is 0.166. The van der Waals surface area contributed by atoms with Crippen LogP contribution in [0.15, 0.2) is 30.3 Å². The van der Waals surface area contributed by atoms with Gasteiger partial charge in [-0.1, -0.05) is 24.3 Å². The van der Waals surface area contributed by atoms with Crippen LogP contribution in [0.5, 0.6) is 0 Å². The van der Waals surface area contributed by atoms with E-state index in [2.05, 4.69) is 0 Å². The Morgan fingerprint density at radius 1 is 1.40 bits per heavy atom. The van der Waals surface area contributed by atoms with Gasteiger partial charge >= 0.3 is 5.97 Å². The Hall–Kier alpha value is -1.79. The van der Waals surface area contributed by atoms with Crippen molar-refractivity contribution in [2.75, 3.05) is 19.7 Å². The van der Waals surface area contributed by atoms with Crippen LogP contribution in [0, 0.1) is 0 Å². The number of carboxylic acids is 1. The summed E-state index contributed by atoms with van der Waals surface area (Å²) in [6, 6.07) is 6.96. The van der Waals surface area contributed by atoms with Crippen molar-refractivity contribution in [1.82, 2.24) is 4.90 Å². The van der Waals surface area contributed by atoms with Gasteiger partial charge in [0.2, 0.25) is 0 Å². The molecule has 0 aliphatic heterocycles. The first-order valence-corrected chi connectivity index (χ1v) is 6.12. The van der Waals surface area contributed by atoms with Gasteiger partial charge in [0.05, 0.1) is 13.2 Å². The molecule has 0 atom stereocenters. The van der Waals surface area contributed by atoms with Crippen molar-refractivity contribution in [1.29, 1.82) is 0 Å². The number of hydrogen-bond acceptors (Lipinski definition) is 3. The predicted molar refractivity (Wildman–Crippen MR) is 71.5 cm³/mol. The Kier molecular flexibility index (Phi) is 6.83. The topological polar surface area (TPSA) is 60.8 Å². The van der Waals surface area contributed by atoms with E-state index in [-0.39, 0.29) is 19.7 Å². The Bertz CT molecular complexity index is 463. The molecule has 4 nitrogen and oxygen atoms in total. The number of aliphatic hydroxyl groups excluding tert-OH is 1. The Morgan fingerprint density at radius 2 is 2.15 bits per heavy atom. The average Bonchev–Trinajstić information content (AvgIpc) is 2.36. The van der Waals surface area contributed by atoms with E-state index < -0.39 is 18.9 Å². The molecule has 20 heavy (non-hydrogen) atoms. The van der Waals surface area contributed by atoms with Crippen LogP contribution in [0.1, 0.15) is 11.1 Å². The van der Waals surface area contributed by atoms with Crippen LogP contribution < -0.4 is 0 Å². The fraction of sp³-hybridized carbons (Fsp3) is 0.357. The number of halogens is 2. The number of nitrogens with zero attached hydrogens (tertiary/aromatic N) is 1. The van der Waals surface area contributed by atoms with E-state index >= 15 is 0 Å². The largest absolute Gasteiger partial charge is 0.478 e. The summed E-state index contributed by atoms with van der Waals surface area (Å²) in [6.45, 7) is -0.153. The molecule has 0 saturated carbocycles. The van der Waals surface area contributed by atoms with Gasteiger partial charge in [-0.15, -0.1) is 0 Å². The first-order chi connectivity index (χ1) is 9.51. The molecule has 110 valence electrons. The molecule has 0 heterocycles. The SMILES string of the molecule is O=C(O)/C=C/c1cccc(CN(CCO)CC(F)F)c1. The minimum atomic E-state index is -2.46. The molecular weight excluding hydrogens is 268 g/mol. The minimum Gasteiger partial charge on any atom is -0.478 e. The second kappa shape index (κ2) is 8.39. The molecular formula is C14H17F2NO3. The highest BCUT2D eigenvalue weighted by atomic mass is 19.3. The lowest BCUT2D eigenvalue weighted by Gasteiger charge is -2.20. The number of hydrogen-bond donors (Lipinski definition) is 2. The molecule has 0 fully saturated rings. The van der Waals surface area contributed by atoms with E-state index in [1.54, 1.807) is 24.3 Å². The Balaban J connectivity index is 2.74. The standard InChI is InChI=1S/C14H17F2NO3/c15-13(16)10-17(6-7-18)9-12-3-1-2-11(8-12)4-5-14(19)20/h1-5,8,13,18H,6-7,9-10H2,(H,19,20)/b5-4+. The highest BCUT2D eigenvalue weighted by Gasteiger charge is 2.12. The third-order valence-corrected chi connectivity index (χ3v) is 2.59. The molecule has 0 radical (unpaired) electrons. The second-order valence-electron chi connectivity index (χ2n) is 4.27. The number of carbonyl (C=O) groups is 1. The molecule has 1 aromatic carbocycles. The van der Waals surface area contributed by atoms with Gasteiger partial charge in [0.1, 0.15) is 0 Å². The van der Waals surface area contributed by atoms with Crippen LogP contribution in [0.4, 0.5) is 8.78 Å². The number of benzene rings is 1. The van der Waals surface area contributed by atoms with Gasteiger partial charge in [-0.05, 0) is 17.2 Å². The maximum absolute atomic E-state index is 12.4. The Labute approximate surface area is 116 Å². The molecule has 1 rings (SSSR count). The summed E-state index contributed by atoms with van der Waals surface area (Å²) >= 11 is 0. The number of aliphatic carboxylic acids is 1. The zero-order valence-electron chi connectivity index (χ0n) is 10.9. The lowest BCUT2D eigenvalue weighted by Crippen LogP contribution is -2.31. The van der Waals surface area contributed by atoms with Crippen molar-refractivity contribution in [3.05, 3.63) is 41.5 Å². The maximum Gasteiger partial charge on any atom is 0.328 e. The first kappa shape index (κ1) is 16.3. The van der Waals surface area contributed by atoms with Crippen molar-refractivity contribution in [3.8, 4) is 0 Å². The highest BCUT2D eigenvalue weighted by molar-refractivity contribution is 5.85. The van der Waals surface area contributed by atoms with E-state index in [4.69, 9.17) is 10.2 Å². The summed E-state index contributed by atoms with van der Waals surface area (Å²) in [5.41, 5.74) is 1.47. The smallest absolute Gasteiger partial charge is 0.328 e. The van der Waals surface area contributed by atoms with Crippen molar-refractivity contribution in [2.24, 2.45) is 0 Å². The number of aliphatic hydroxyl groups is 1. The van der Waals surface area contributed by atoms with Crippen molar-refractivity contribution in [2.45, 2.75) is 13.0 Å². The monoisotopic (exact) mass is 285 g/mol. The third kappa shape index (κ3) is 6.40. The van der Waals surface area contributed by atoms with Crippen LogP contribution in [-0.4, -0.2) is 47.2 Å². The molecule has 0 spiro atoms. The summed E-state index contributed by atoms with van der Waals surface area (Å²) in [4.78, 5) is 11.9. The fourth-order valence-electron chi connectivity index (χ4n) is 1.79. The molecule has 2 N–H and O–H groups in total. The second-order valence-corrected chi connectivity index (χ2v) is 4.27. The molecule has 0 aromatic heterocycles. The van der Waals surface area contributed by atoms with Crippen molar-refractivity contribution >= 4 is 12.0 Å². The molecule has 0 saturated heterocycles. The van der Waals surface area contributed by atoms with Crippen LogP contribution in [-0.2, 0) is 11.3 Å². The van der Waals surface area contributed by atoms with Gasteiger partial charge in [-0.2, -0.15) is 0 Å². The zero-order valence-corrected chi connectivity index (χ0v) is 10.9. The van der Waals surface area contributed by atoms with Crippen LogP contribution >= 0.6 is 0 Å². The number of alkyl halides is 2. The van der Waals surface area contributed by atoms with E-state index in [9.17, 15) is 13.6 Å². The normalized spacial score (nSPS) is 11.7. The predicted octanol–water partition coefficient (Wildman–Crippen LogP) is 1.84. The van der Waals surface area contributed by atoms with E-state index in [1.165, 1.54) is 11.0 Å². The fourth-order valence-corrected chi connectivity index (χ4v) is 1.79. The van der Waals surface area contributed by atoms with Gasteiger partial charge in [0, 0.05) is 19.2 Å². The summed E-state index contributed by atoms with van der Waals surface area (Å²) in [5, 5.41) is 17.4. The van der Waals surface area contributed by atoms with Crippen LogP contribution in [0.2, 0.25) is 0 Å². The van der Waals surface area contributed by atoms with E-state index in [0.29, 0.717) is 5.56 Å². The lowest BCUT2D eigenvalue weighted by molar-refractivity contribution is -0.131.